The lowest BCUT2D eigenvalue weighted by Crippen LogP contribution is -2.01. The van der Waals surface area contributed by atoms with E-state index in [0.29, 0.717) is 6.61 Å². The van der Waals surface area contributed by atoms with Crippen molar-refractivity contribution in [3.05, 3.63) is 72.1 Å². The van der Waals surface area contributed by atoms with Crippen LogP contribution in [-0.4, -0.2) is 21.6 Å². The van der Waals surface area contributed by atoms with Crippen molar-refractivity contribution in [2.45, 2.75) is 13.5 Å². The van der Waals surface area contributed by atoms with Crippen LogP contribution < -0.4 is 9.47 Å². The van der Waals surface area contributed by atoms with E-state index in [1.807, 2.05) is 43.4 Å². The number of ether oxygens (including phenoxy) is 2. The van der Waals surface area contributed by atoms with E-state index in [-0.39, 0.29) is 0 Å². The molecule has 0 aliphatic carbocycles. The lowest BCUT2D eigenvalue weighted by molar-refractivity contribution is 0.301. The zero-order valence-corrected chi connectivity index (χ0v) is 15.6. The average molecular weight is 359 g/mol. The van der Waals surface area contributed by atoms with Crippen LogP contribution in [0.3, 0.4) is 0 Å². The smallest absolute Gasteiger partial charge is 0.144 e. The Morgan fingerprint density at radius 1 is 1.04 bits per heavy atom. The molecular weight excluding hydrogens is 338 g/mol. The zero-order chi connectivity index (χ0) is 18.8. The van der Waals surface area contributed by atoms with Gasteiger partial charge in [-0.2, -0.15) is 0 Å². The van der Waals surface area contributed by atoms with Gasteiger partial charge in [-0.15, -0.1) is 0 Å². The van der Waals surface area contributed by atoms with Crippen LogP contribution in [-0.2, 0) is 13.7 Å². The molecule has 0 bridgehead atoms. The summed E-state index contributed by atoms with van der Waals surface area (Å²) in [5.74, 6) is 2.35. The number of rotatable bonds is 5. The summed E-state index contributed by atoms with van der Waals surface area (Å²) >= 11 is 0. The fourth-order valence-corrected chi connectivity index (χ4v) is 3.12. The highest BCUT2D eigenvalue weighted by Crippen LogP contribution is 2.35. The van der Waals surface area contributed by atoms with Gasteiger partial charge in [0.2, 0.25) is 0 Å². The van der Waals surface area contributed by atoms with Gasteiger partial charge in [0, 0.05) is 13.2 Å². The van der Waals surface area contributed by atoms with E-state index in [2.05, 4.69) is 34.7 Å². The Hall–Kier alpha value is -3.34. The largest absolute Gasteiger partial charge is 0.497 e. The minimum atomic E-state index is 0.392. The predicted molar refractivity (Wildman–Crippen MR) is 106 cm³/mol. The van der Waals surface area contributed by atoms with E-state index >= 15 is 0 Å². The predicted octanol–water partition coefficient (Wildman–Crippen LogP) is 4.53. The number of fused-ring (bicyclic) bond motifs is 1. The summed E-state index contributed by atoms with van der Waals surface area (Å²) in [6.07, 6.45) is 1.77. The Bertz CT molecular complexity index is 1090. The quantitative estimate of drug-likeness (QED) is 0.525. The van der Waals surface area contributed by atoms with Crippen LogP contribution in [0.15, 0.2) is 60.8 Å². The summed E-state index contributed by atoms with van der Waals surface area (Å²) in [5.41, 5.74) is 4.99. The molecule has 0 radical (unpaired) electrons. The maximum atomic E-state index is 6.08. The standard InChI is InChI=1S/C22H21N3O2/c1-15-7-9-20-19(12-15)24-22(25(20)2)18-13-17(26-3)8-10-21(18)27-14-16-6-4-5-11-23-16/h4-13H,14H2,1-3H3. The number of nitrogens with zero attached hydrogens (tertiary/aromatic N) is 3. The summed E-state index contributed by atoms with van der Waals surface area (Å²) in [6.45, 7) is 2.46. The molecule has 4 rings (SSSR count). The molecule has 0 spiro atoms. The maximum absolute atomic E-state index is 6.08. The molecule has 0 fully saturated rings. The molecule has 136 valence electrons. The highest BCUT2D eigenvalue weighted by atomic mass is 16.5. The fourth-order valence-electron chi connectivity index (χ4n) is 3.12. The molecule has 5 nitrogen and oxygen atoms in total. The normalized spacial score (nSPS) is 10.9. The molecule has 0 saturated carbocycles. The van der Waals surface area contributed by atoms with Gasteiger partial charge in [0.25, 0.3) is 0 Å². The second-order valence-electron chi connectivity index (χ2n) is 6.46. The van der Waals surface area contributed by atoms with Crippen molar-refractivity contribution in [1.82, 2.24) is 14.5 Å². The van der Waals surface area contributed by atoms with Gasteiger partial charge in [0.1, 0.15) is 23.9 Å². The molecule has 0 atom stereocenters. The summed E-state index contributed by atoms with van der Waals surface area (Å²) in [6, 6.07) is 17.8. The molecule has 27 heavy (non-hydrogen) atoms. The molecule has 0 N–H and O–H groups in total. The summed E-state index contributed by atoms with van der Waals surface area (Å²) in [5, 5.41) is 0. The minimum Gasteiger partial charge on any atom is -0.497 e. The van der Waals surface area contributed by atoms with Crippen LogP contribution in [0.2, 0.25) is 0 Å². The van der Waals surface area contributed by atoms with Gasteiger partial charge < -0.3 is 14.0 Å². The van der Waals surface area contributed by atoms with E-state index in [1.54, 1.807) is 13.3 Å². The molecule has 2 aromatic heterocycles. The van der Waals surface area contributed by atoms with Crippen LogP contribution in [0.4, 0.5) is 0 Å². The van der Waals surface area contributed by atoms with Gasteiger partial charge in [-0.25, -0.2) is 4.98 Å². The number of benzene rings is 2. The van der Waals surface area contributed by atoms with Gasteiger partial charge in [-0.05, 0) is 55.0 Å². The van der Waals surface area contributed by atoms with Crippen LogP contribution in [0, 0.1) is 6.92 Å². The number of aryl methyl sites for hydroxylation is 2. The molecule has 0 unspecified atom stereocenters. The van der Waals surface area contributed by atoms with Gasteiger partial charge in [0.15, 0.2) is 0 Å². The third-order valence-electron chi connectivity index (χ3n) is 4.57. The van der Waals surface area contributed by atoms with E-state index in [9.17, 15) is 0 Å². The number of imidazole rings is 1. The van der Waals surface area contributed by atoms with Crippen LogP contribution in [0.1, 0.15) is 11.3 Å². The van der Waals surface area contributed by atoms with E-state index in [0.717, 1.165) is 39.6 Å². The van der Waals surface area contributed by atoms with Crippen LogP contribution in [0.5, 0.6) is 11.5 Å². The Balaban J connectivity index is 1.77. The van der Waals surface area contributed by atoms with Gasteiger partial charge >= 0.3 is 0 Å². The number of aromatic nitrogens is 3. The van der Waals surface area contributed by atoms with Crippen LogP contribution in [0.25, 0.3) is 22.4 Å². The van der Waals surface area contributed by atoms with Crippen molar-refractivity contribution in [1.29, 1.82) is 0 Å². The molecular formula is C22H21N3O2. The van der Waals surface area contributed by atoms with Crippen LogP contribution >= 0.6 is 0 Å². The van der Waals surface area contributed by atoms with E-state index in [4.69, 9.17) is 14.5 Å². The topological polar surface area (TPSA) is 49.2 Å². The molecule has 2 heterocycles. The lowest BCUT2D eigenvalue weighted by Gasteiger charge is -2.13. The highest BCUT2D eigenvalue weighted by molar-refractivity contribution is 5.82. The molecule has 0 saturated heterocycles. The van der Waals surface area contributed by atoms with Crippen molar-refractivity contribution in [3.8, 4) is 22.9 Å². The molecule has 0 aliphatic heterocycles. The first-order chi connectivity index (χ1) is 13.2. The summed E-state index contributed by atoms with van der Waals surface area (Å²) in [4.78, 5) is 9.17. The molecule has 0 amide bonds. The Morgan fingerprint density at radius 2 is 1.93 bits per heavy atom. The summed E-state index contributed by atoms with van der Waals surface area (Å²) < 4.78 is 13.6. The first-order valence-corrected chi connectivity index (χ1v) is 8.80. The molecule has 4 aromatic rings. The lowest BCUT2D eigenvalue weighted by atomic mass is 10.1. The first kappa shape index (κ1) is 17.1. The Morgan fingerprint density at radius 3 is 2.70 bits per heavy atom. The highest BCUT2D eigenvalue weighted by Gasteiger charge is 2.16. The van der Waals surface area contributed by atoms with Crippen molar-refractivity contribution >= 4 is 11.0 Å². The molecule has 5 heteroatoms. The SMILES string of the molecule is COc1ccc(OCc2ccccn2)c(-c2nc3cc(C)ccc3n2C)c1. The van der Waals surface area contributed by atoms with Gasteiger partial charge in [0.05, 0.1) is 29.4 Å². The number of hydrogen-bond donors (Lipinski definition) is 0. The minimum absolute atomic E-state index is 0.392. The van der Waals surface area contributed by atoms with E-state index in [1.165, 1.54) is 5.56 Å². The monoisotopic (exact) mass is 359 g/mol. The third kappa shape index (κ3) is 3.36. The second kappa shape index (κ2) is 7.11. The number of methoxy groups -OCH3 is 1. The number of pyridine rings is 1. The van der Waals surface area contributed by atoms with E-state index < -0.39 is 0 Å². The Labute approximate surface area is 158 Å². The molecule has 0 aliphatic rings. The zero-order valence-electron chi connectivity index (χ0n) is 15.6. The first-order valence-electron chi connectivity index (χ1n) is 8.80. The van der Waals surface area contributed by atoms with Crippen molar-refractivity contribution < 1.29 is 9.47 Å². The maximum Gasteiger partial charge on any atom is 0.144 e. The summed E-state index contributed by atoms with van der Waals surface area (Å²) in [7, 11) is 3.67. The van der Waals surface area contributed by atoms with Gasteiger partial charge in [-0.3, -0.25) is 4.98 Å². The average Bonchev–Trinajstić information content (AvgIpc) is 3.02. The number of hydrogen-bond acceptors (Lipinski definition) is 4. The van der Waals surface area contributed by atoms with Crippen molar-refractivity contribution in [3.63, 3.8) is 0 Å². The Kier molecular flexibility index (Phi) is 4.50. The fraction of sp³-hybridized carbons (Fsp3) is 0.182. The third-order valence-corrected chi connectivity index (χ3v) is 4.57. The van der Waals surface area contributed by atoms with Crippen molar-refractivity contribution in [2.75, 3.05) is 7.11 Å². The molecule has 2 aromatic carbocycles. The van der Waals surface area contributed by atoms with Crippen molar-refractivity contribution in [2.24, 2.45) is 7.05 Å². The van der Waals surface area contributed by atoms with Gasteiger partial charge in [-0.1, -0.05) is 12.1 Å². The second-order valence-corrected chi connectivity index (χ2v) is 6.46.